The summed E-state index contributed by atoms with van der Waals surface area (Å²) >= 11 is 0. The van der Waals surface area contributed by atoms with Crippen molar-refractivity contribution in [2.45, 2.75) is 33.1 Å². The van der Waals surface area contributed by atoms with Crippen LogP contribution in [-0.2, 0) is 26.5 Å². The second-order valence-corrected chi connectivity index (χ2v) is 13.8. The molecule has 244 valence electrons. The monoisotopic (exact) mass is 825 g/mol. The third-order valence-electron chi connectivity index (χ3n) is 9.66. The van der Waals surface area contributed by atoms with E-state index in [2.05, 4.69) is 164 Å². The van der Waals surface area contributed by atoms with E-state index in [4.69, 9.17) is 9.97 Å². The molecule has 0 N–H and O–H groups in total. The molecule has 4 aromatic heterocycles. The molecule has 0 spiro atoms. The molecule has 0 radical (unpaired) electrons. The average Bonchev–Trinajstić information content (AvgIpc) is 3.63. The number of nitrogens with zero attached hydrogens (tertiary/aromatic N) is 4. The Hall–Kier alpha value is -5.31. The van der Waals surface area contributed by atoms with Gasteiger partial charge in [-0.2, -0.15) is 23.8 Å². The molecule has 0 aliphatic carbocycles. The van der Waals surface area contributed by atoms with Crippen molar-refractivity contribution in [3.05, 3.63) is 157 Å². The maximum Gasteiger partial charge on any atom is 2.00 e. The SMILES string of the molecule is Cc1cc(-c2[c-]c(-n3c4ccccc4c4cc5c6ccccc6n(-c6[c-]ccc(C(C)(C)C)c6)c5nc43)ccc2)ncc1-c1ccccc1.[Pt+2]. The largest absolute Gasteiger partial charge is 2.00 e. The molecular weight excluding hydrogens is 792 g/mol. The van der Waals surface area contributed by atoms with E-state index < -0.39 is 0 Å². The van der Waals surface area contributed by atoms with Gasteiger partial charge in [-0.25, -0.2) is 4.98 Å². The maximum atomic E-state index is 5.53. The van der Waals surface area contributed by atoms with Crippen LogP contribution >= 0.6 is 0 Å². The van der Waals surface area contributed by atoms with Crippen molar-refractivity contribution in [2.24, 2.45) is 0 Å². The van der Waals surface area contributed by atoms with Crippen LogP contribution in [0.1, 0.15) is 31.9 Å². The van der Waals surface area contributed by atoms with Gasteiger partial charge >= 0.3 is 21.1 Å². The Bertz CT molecular complexity index is 2710. The summed E-state index contributed by atoms with van der Waals surface area (Å²) in [6.45, 7) is 8.89. The van der Waals surface area contributed by atoms with Gasteiger partial charge < -0.3 is 14.1 Å². The molecule has 9 rings (SSSR count). The minimum atomic E-state index is 0. The summed E-state index contributed by atoms with van der Waals surface area (Å²) in [7, 11) is 0. The van der Waals surface area contributed by atoms with E-state index in [0.29, 0.717) is 0 Å². The molecule has 4 heterocycles. The first-order valence-electron chi connectivity index (χ1n) is 16.8. The number of aromatic nitrogens is 4. The molecule has 0 amide bonds. The fourth-order valence-electron chi connectivity index (χ4n) is 7.15. The van der Waals surface area contributed by atoms with E-state index >= 15 is 0 Å². The summed E-state index contributed by atoms with van der Waals surface area (Å²) in [6.07, 6.45) is 1.98. The van der Waals surface area contributed by atoms with Gasteiger partial charge in [0.15, 0.2) is 0 Å². The second-order valence-electron chi connectivity index (χ2n) is 13.8. The van der Waals surface area contributed by atoms with Crippen LogP contribution < -0.4 is 0 Å². The van der Waals surface area contributed by atoms with Crippen molar-refractivity contribution in [1.82, 2.24) is 19.1 Å². The van der Waals surface area contributed by atoms with E-state index in [-0.39, 0.29) is 26.5 Å². The molecule has 0 aliphatic rings. The Labute approximate surface area is 306 Å². The molecular formula is C45H34N4Pt. The Balaban J connectivity index is 0.00000361. The van der Waals surface area contributed by atoms with Crippen molar-refractivity contribution < 1.29 is 21.1 Å². The molecule has 0 saturated carbocycles. The first-order chi connectivity index (χ1) is 23.8. The Morgan fingerprint density at radius 3 is 1.92 bits per heavy atom. The fourth-order valence-corrected chi connectivity index (χ4v) is 7.15. The number of para-hydroxylation sites is 2. The Kier molecular flexibility index (Phi) is 7.81. The molecule has 0 bridgehead atoms. The van der Waals surface area contributed by atoms with Crippen molar-refractivity contribution in [3.63, 3.8) is 0 Å². The summed E-state index contributed by atoms with van der Waals surface area (Å²) in [5.74, 6) is 0. The molecule has 0 fully saturated rings. The van der Waals surface area contributed by atoms with Gasteiger partial charge in [0.05, 0.1) is 11.0 Å². The standard InChI is InChI=1S/C45H34N4.Pt/c1-29-24-40(46-28-39(29)30-14-6-5-7-15-30)31-16-12-18-33(25-31)48-41-22-10-8-20-35(41)37-27-38-36-21-9-11-23-42(36)49(44(38)47-43(37)48)34-19-13-17-32(26-34)45(2,3)4;/h5-18,20-24,26-28H,1-4H3;/q-2;+2. The van der Waals surface area contributed by atoms with Gasteiger partial charge in [-0.1, -0.05) is 99.3 Å². The molecule has 5 heteroatoms. The smallest absolute Gasteiger partial charge is 0.318 e. The molecule has 4 nitrogen and oxygen atoms in total. The van der Waals surface area contributed by atoms with E-state index in [1.54, 1.807) is 0 Å². The number of pyridine rings is 2. The zero-order chi connectivity index (χ0) is 33.3. The number of hydrogen-bond acceptors (Lipinski definition) is 2. The van der Waals surface area contributed by atoms with Crippen LogP contribution in [0.2, 0.25) is 0 Å². The molecule has 9 aromatic rings. The minimum Gasteiger partial charge on any atom is -0.318 e. The average molecular weight is 826 g/mol. The first-order valence-corrected chi connectivity index (χ1v) is 16.8. The van der Waals surface area contributed by atoms with Gasteiger partial charge in [-0.05, 0) is 53.0 Å². The van der Waals surface area contributed by atoms with Crippen LogP contribution in [0, 0.1) is 19.1 Å². The molecule has 50 heavy (non-hydrogen) atoms. The van der Waals surface area contributed by atoms with Gasteiger partial charge in [-0.3, -0.25) is 0 Å². The topological polar surface area (TPSA) is 35.6 Å². The van der Waals surface area contributed by atoms with Crippen molar-refractivity contribution >= 4 is 43.9 Å². The summed E-state index contributed by atoms with van der Waals surface area (Å²) in [4.78, 5) is 10.4. The van der Waals surface area contributed by atoms with Crippen LogP contribution in [0.25, 0.3) is 77.6 Å². The van der Waals surface area contributed by atoms with Crippen molar-refractivity contribution in [1.29, 1.82) is 0 Å². The van der Waals surface area contributed by atoms with E-state index in [9.17, 15) is 0 Å². The van der Waals surface area contributed by atoms with Crippen molar-refractivity contribution in [2.75, 3.05) is 0 Å². The van der Waals surface area contributed by atoms with Crippen LogP contribution in [0.3, 0.4) is 0 Å². The predicted molar refractivity (Wildman–Crippen MR) is 203 cm³/mol. The second kappa shape index (κ2) is 12.2. The fraction of sp³-hybridized carbons (Fsp3) is 0.111. The summed E-state index contributed by atoms with van der Waals surface area (Å²) in [5, 5.41) is 4.56. The third-order valence-corrected chi connectivity index (χ3v) is 9.66. The van der Waals surface area contributed by atoms with Crippen LogP contribution in [-0.4, -0.2) is 19.1 Å². The molecule has 5 aromatic carbocycles. The van der Waals surface area contributed by atoms with Gasteiger partial charge in [0, 0.05) is 33.3 Å². The van der Waals surface area contributed by atoms with Crippen LogP contribution in [0.15, 0.2) is 134 Å². The molecule has 0 aliphatic heterocycles. The first kappa shape index (κ1) is 31.9. The number of rotatable bonds is 4. The summed E-state index contributed by atoms with van der Waals surface area (Å²) in [6, 6.07) is 52.1. The van der Waals surface area contributed by atoms with Crippen LogP contribution in [0.4, 0.5) is 0 Å². The number of benzene rings is 5. The van der Waals surface area contributed by atoms with E-state index in [1.807, 2.05) is 18.3 Å². The van der Waals surface area contributed by atoms with Crippen LogP contribution in [0.5, 0.6) is 0 Å². The van der Waals surface area contributed by atoms with Gasteiger partial charge in [0.2, 0.25) is 0 Å². The quantitative estimate of drug-likeness (QED) is 0.166. The van der Waals surface area contributed by atoms with E-state index in [1.165, 1.54) is 22.1 Å². The van der Waals surface area contributed by atoms with Gasteiger partial charge in [0.1, 0.15) is 11.3 Å². The van der Waals surface area contributed by atoms with Crippen molar-refractivity contribution in [3.8, 4) is 33.8 Å². The zero-order valence-corrected chi connectivity index (χ0v) is 30.6. The van der Waals surface area contributed by atoms with Gasteiger partial charge in [-0.15, -0.1) is 35.9 Å². The summed E-state index contributed by atoms with van der Waals surface area (Å²) in [5.41, 5.74) is 12.5. The Morgan fingerprint density at radius 2 is 1.26 bits per heavy atom. The third kappa shape index (κ3) is 5.18. The number of hydrogen-bond donors (Lipinski definition) is 0. The molecule has 0 unspecified atom stereocenters. The van der Waals surface area contributed by atoms with Gasteiger partial charge in [0.25, 0.3) is 0 Å². The Morgan fingerprint density at radius 1 is 0.620 bits per heavy atom. The number of aryl methyl sites for hydroxylation is 1. The normalized spacial score (nSPS) is 11.8. The zero-order valence-electron chi connectivity index (χ0n) is 28.3. The summed E-state index contributed by atoms with van der Waals surface area (Å²) < 4.78 is 4.51. The predicted octanol–water partition coefficient (Wildman–Crippen LogP) is 11.2. The maximum absolute atomic E-state index is 5.53. The van der Waals surface area contributed by atoms with E-state index in [0.717, 1.165) is 66.7 Å². The minimum absolute atomic E-state index is 0. The molecule has 0 atom stereocenters. The number of fused-ring (bicyclic) bond motifs is 6. The molecule has 0 saturated heterocycles.